The fourth-order valence-electron chi connectivity index (χ4n) is 3.73. The monoisotopic (exact) mass is 453 g/mol. The Morgan fingerprint density at radius 1 is 0.970 bits per heavy atom. The van der Waals surface area contributed by atoms with Crippen LogP contribution in [0.25, 0.3) is 6.08 Å². The lowest BCUT2D eigenvalue weighted by Crippen LogP contribution is -2.27. The van der Waals surface area contributed by atoms with E-state index in [2.05, 4.69) is 0 Å². The lowest BCUT2D eigenvalue weighted by atomic mass is 10.0. The maximum atomic E-state index is 13.3. The van der Waals surface area contributed by atoms with E-state index in [1.807, 2.05) is 18.2 Å². The highest BCUT2D eigenvalue weighted by Crippen LogP contribution is 2.34. The molecule has 0 bridgehead atoms. The Hall–Kier alpha value is -3.94. The van der Waals surface area contributed by atoms with E-state index in [4.69, 9.17) is 18.9 Å². The third kappa shape index (κ3) is 4.79. The number of carbonyl (C=O) groups is 2. The van der Waals surface area contributed by atoms with Crippen molar-refractivity contribution in [2.24, 2.45) is 0 Å². The first kappa shape index (κ1) is 23.7. The molecule has 0 saturated carbocycles. The highest BCUT2D eigenvalue weighted by atomic mass is 16.5. The highest BCUT2D eigenvalue weighted by molar-refractivity contribution is 6.16. The molecule has 8 nitrogen and oxygen atoms in total. The van der Waals surface area contributed by atoms with Gasteiger partial charge in [0.25, 0.3) is 5.91 Å². The van der Waals surface area contributed by atoms with E-state index < -0.39 is 5.97 Å². The van der Waals surface area contributed by atoms with Crippen molar-refractivity contribution in [3.8, 4) is 23.0 Å². The van der Waals surface area contributed by atoms with E-state index >= 15 is 0 Å². The van der Waals surface area contributed by atoms with Crippen LogP contribution in [0.1, 0.15) is 18.1 Å². The SMILES string of the molecule is COC(=O)C1=C(C)N(CCc2ccc(OC)c(OC)c2)C(=O)/C1=C\c1ccc(O)c(OC)c1. The molecule has 3 rings (SSSR count). The van der Waals surface area contributed by atoms with Gasteiger partial charge in [0, 0.05) is 12.2 Å². The molecule has 2 aromatic carbocycles. The van der Waals surface area contributed by atoms with Crippen molar-refractivity contribution >= 4 is 18.0 Å². The first-order valence-corrected chi connectivity index (χ1v) is 10.3. The van der Waals surface area contributed by atoms with Crippen LogP contribution in [-0.4, -0.2) is 56.9 Å². The molecule has 0 unspecified atom stereocenters. The molecule has 0 aliphatic carbocycles. The van der Waals surface area contributed by atoms with Crippen molar-refractivity contribution in [2.45, 2.75) is 13.3 Å². The Morgan fingerprint density at radius 3 is 2.30 bits per heavy atom. The molecule has 0 radical (unpaired) electrons. The molecule has 0 saturated heterocycles. The Kier molecular flexibility index (Phi) is 7.27. The van der Waals surface area contributed by atoms with Gasteiger partial charge in [-0.25, -0.2) is 4.79 Å². The van der Waals surface area contributed by atoms with Crippen LogP contribution in [0.2, 0.25) is 0 Å². The average Bonchev–Trinajstić information content (AvgIpc) is 3.06. The Morgan fingerprint density at radius 2 is 1.67 bits per heavy atom. The number of hydrogen-bond donors (Lipinski definition) is 1. The largest absolute Gasteiger partial charge is 0.504 e. The smallest absolute Gasteiger partial charge is 0.340 e. The summed E-state index contributed by atoms with van der Waals surface area (Å²) in [4.78, 5) is 27.4. The summed E-state index contributed by atoms with van der Waals surface area (Å²) in [5, 5.41) is 9.84. The summed E-state index contributed by atoms with van der Waals surface area (Å²) in [5.41, 5.74) is 2.50. The summed E-state index contributed by atoms with van der Waals surface area (Å²) >= 11 is 0. The highest BCUT2D eigenvalue weighted by Gasteiger charge is 2.36. The first-order valence-electron chi connectivity index (χ1n) is 10.3. The zero-order chi connectivity index (χ0) is 24.1. The minimum absolute atomic E-state index is 0.0196. The molecular weight excluding hydrogens is 426 g/mol. The molecule has 1 amide bonds. The first-order chi connectivity index (χ1) is 15.8. The van der Waals surface area contributed by atoms with Gasteiger partial charge in [0.2, 0.25) is 0 Å². The fraction of sp³-hybridized carbons (Fsp3) is 0.280. The second-order valence-corrected chi connectivity index (χ2v) is 7.34. The molecule has 174 valence electrons. The lowest BCUT2D eigenvalue weighted by molar-refractivity contribution is -0.136. The molecule has 8 heteroatoms. The number of carbonyl (C=O) groups excluding carboxylic acids is 2. The van der Waals surface area contributed by atoms with Gasteiger partial charge in [0.15, 0.2) is 23.0 Å². The summed E-state index contributed by atoms with van der Waals surface area (Å²) in [5.74, 6) is 0.574. The zero-order valence-electron chi connectivity index (χ0n) is 19.3. The van der Waals surface area contributed by atoms with Crippen LogP contribution in [0.4, 0.5) is 0 Å². The summed E-state index contributed by atoms with van der Waals surface area (Å²) in [6, 6.07) is 10.3. The second-order valence-electron chi connectivity index (χ2n) is 7.34. The maximum Gasteiger partial charge on any atom is 0.340 e. The van der Waals surface area contributed by atoms with Gasteiger partial charge in [-0.3, -0.25) is 4.79 Å². The van der Waals surface area contributed by atoms with Crippen molar-refractivity contribution in [1.29, 1.82) is 0 Å². The molecule has 33 heavy (non-hydrogen) atoms. The maximum absolute atomic E-state index is 13.3. The predicted octanol–water partition coefficient (Wildman–Crippen LogP) is 3.33. The topological polar surface area (TPSA) is 94.5 Å². The number of esters is 1. The van der Waals surface area contributed by atoms with Gasteiger partial charge in [0.05, 0.1) is 39.6 Å². The third-order valence-electron chi connectivity index (χ3n) is 5.49. The summed E-state index contributed by atoms with van der Waals surface area (Å²) < 4.78 is 20.7. The molecular formula is C25H27NO7. The number of methoxy groups -OCH3 is 4. The minimum atomic E-state index is -0.591. The van der Waals surface area contributed by atoms with Crippen LogP contribution in [-0.2, 0) is 20.7 Å². The fourth-order valence-corrected chi connectivity index (χ4v) is 3.73. The molecule has 2 aromatic rings. The minimum Gasteiger partial charge on any atom is -0.504 e. The Balaban J connectivity index is 1.92. The number of nitrogens with zero attached hydrogens (tertiary/aromatic N) is 1. The molecule has 1 N–H and O–H groups in total. The van der Waals surface area contributed by atoms with Crippen LogP contribution in [0.15, 0.2) is 53.2 Å². The number of ether oxygens (including phenoxy) is 4. The van der Waals surface area contributed by atoms with E-state index in [-0.39, 0.29) is 28.6 Å². The second kappa shape index (κ2) is 10.1. The number of allylic oxidation sites excluding steroid dienone is 1. The van der Waals surface area contributed by atoms with Crippen molar-refractivity contribution in [3.05, 3.63) is 64.4 Å². The number of rotatable bonds is 8. The molecule has 0 fully saturated rings. The van der Waals surface area contributed by atoms with Crippen LogP contribution in [0.5, 0.6) is 23.0 Å². The number of benzene rings is 2. The van der Waals surface area contributed by atoms with E-state index in [0.717, 1.165) is 5.56 Å². The van der Waals surface area contributed by atoms with E-state index in [9.17, 15) is 14.7 Å². The van der Waals surface area contributed by atoms with Crippen LogP contribution < -0.4 is 14.2 Å². The molecule has 0 atom stereocenters. The van der Waals surface area contributed by atoms with Crippen molar-refractivity contribution in [2.75, 3.05) is 35.0 Å². The van der Waals surface area contributed by atoms with Crippen molar-refractivity contribution in [1.82, 2.24) is 4.90 Å². The molecule has 0 spiro atoms. The van der Waals surface area contributed by atoms with Crippen molar-refractivity contribution < 1.29 is 33.6 Å². The van der Waals surface area contributed by atoms with Crippen LogP contribution in [0.3, 0.4) is 0 Å². The Labute approximate surface area is 192 Å². The lowest BCUT2D eigenvalue weighted by Gasteiger charge is -2.18. The summed E-state index contributed by atoms with van der Waals surface area (Å²) in [6.45, 7) is 2.08. The van der Waals surface area contributed by atoms with Gasteiger partial charge in [0.1, 0.15) is 0 Å². The zero-order valence-corrected chi connectivity index (χ0v) is 19.3. The quantitative estimate of drug-likeness (QED) is 0.484. The van der Waals surface area contributed by atoms with Gasteiger partial charge in [-0.1, -0.05) is 12.1 Å². The Bertz CT molecular complexity index is 1130. The molecule has 1 aliphatic heterocycles. The average molecular weight is 453 g/mol. The van der Waals surface area contributed by atoms with Gasteiger partial charge in [-0.15, -0.1) is 0 Å². The molecule has 1 aliphatic rings. The van der Waals surface area contributed by atoms with Gasteiger partial charge in [-0.2, -0.15) is 0 Å². The van der Waals surface area contributed by atoms with Crippen LogP contribution >= 0.6 is 0 Å². The number of aromatic hydroxyl groups is 1. The van der Waals surface area contributed by atoms with Gasteiger partial charge < -0.3 is 29.0 Å². The van der Waals surface area contributed by atoms with E-state index in [1.165, 1.54) is 20.3 Å². The van der Waals surface area contributed by atoms with Gasteiger partial charge in [-0.05, 0) is 54.8 Å². The van der Waals surface area contributed by atoms with E-state index in [1.54, 1.807) is 44.3 Å². The van der Waals surface area contributed by atoms with E-state index in [0.29, 0.717) is 35.7 Å². The number of phenolic OH excluding ortho intramolecular Hbond substituents is 1. The normalized spacial score (nSPS) is 14.6. The molecule has 1 heterocycles. The molecule has 0 aromatic heterocycles. The predicted molar refractivity (Wildman–Crippen MR) is 122 cm³/mol. The van der Waals surface area contributed by atoms with Crippen LogP contribution in [0, 0.1) is 0 Å². The number of amides is 1. The third-order valence-corrected chi connectivity index (χ3v) is 5.49. The van der Waals surface area contributed by atoms with Gasteiger partial charge >= 0.3 is 5.97 Å². The summed E-state index contributed by atoms with van der Waals surface area (Å²) in [7, 11) is 5.85. The summed E-state index contributed by atoms with van der Waals surface area (Å²) in [6.07, 6.45) is 2.13. The standard InChI is InChI=1S/C25H27NO7/c1-15-23(25(29)33-5)18(12-17-6-8-19(27)21(14-17)31-3)24(28)26(15)11-10-16-7-9-20(30-2)22(13-16)32-4/h6-9,12-14,27H,10-11H2,1-5H3/b18-12-. The number of hydrogen-bond acceptors (Lipinski definition) is 7. The van der Waals surface area contributed by atoms with Crippen molar-refractivity contribution in [3.63, 3.8) is 0 Å². The number of phenols is 1.